The number of hydrogen-bond acceptors (Lipinski definition) is 4. The molecule has 166 valence electrons. The second kappa shape index (κ2) is 12.0. The van der Waals surface area contributed by atoms with Crippen LogP contribution in [0, 0.1) is 0 Å². The van der Waals surface area contributed by atoms with Crippen LogP contribution in [0.2, 0.25) is 0 Å². The number of amides is 2. The summed E-state index contributed by atoms with van der Waals surface area (Å²) in [6.07, 6.45) is 1.27. The van der Waals surface area contributed by atoms with Gasteiger partial charge in [0.1, 0.15) is 11.0 Å². The first kappa shape index (κ1) is 23.4. The molecule has 1 unspecified atom stereocenters. The molecule has 32 heavy (non-hydrogen) atoms. The normalized spacial score (nSPS) is 11.4. The number of carbonyl (C=O) groups excluding carboxylic acids is 2. The first-order valence-electron chi connectivity index (χ1n) is 10.7. The molecule has 6 heteroatoms. The largest absolute Gasteiger partial charge is 0.492 e. The fourth-order valence-electron chi connectivity index (χ4n) is 3.18. The Morgan fingerprint density at radius 1 is 0.906 bits per heavy atom. The summed E-state index contributed by atoms with van der Waals surface area (Å²) in [5.41, 5.74) is 2.26. The Morgan fingerprint density at radius 3 is 2.41 bits per heavy atom. The number of para-hydroxylation sites is 2. The molecule has 1 atom stereocenters. The Bertz CT molecular complexity index is 1040. The molecule has 3 rings (SSSR count). The van der Waals surface area contributed by atoms with Crippen LogP contribution in [0.4, 0.5) is 11.4 Å². The molecule has 0 saturated carbocycles. The number of ether oxygens (including phenoxy) is 1. The van der Waals surface area contributed by atoms with Crippen molar-refractivity contribution in [2.75, 3.05) is 17.2 Å². The van der Waals surface area contributed by atoms with E-state index >= 15 is 0 Å². The third-order valence-electron chi connectivity index (χ3n) is 4.63. The monoisotopic (exact) mass is 448 g/mol. The summed E-state index contributed by atoms with van der Waals surface area (Å²) in [5.74, 6) is 0.481. The van der Waals surface area contributed by atoms with Gasteiger partial charge >= 0.3 is 0 Å². The van der Waals surface area contributed by atoms with Crippen LogP contribution in [0.3, 0.4) is 0 Å². The Labute approximate surface area is 193 Å². The second-order valence-corrected chi connectivity index (χ2v) is 8.33. The maximum Gasteiger partial charge on any atom is 0.242 e. The van der Waals surface area contributed by atoms with Gasteiger partial charge in [-0.3, -0.25) is 9.59 Å². The fraction of sp³-hybridized carbons (Fsp3) is 0.231. The number of nitrogens with one attached hydrogen (secondary N) is 2. The van der Waals surface area contributed by atoms with Gasteiger partial charge in [0.15, 0.2) is 0 Å². The quantitative estimate of drug-likeness (QED) is 0.357. The highest BCUT2D eigenvalue weighted by molar-refractivity contribution is 8.00. The van der Waals surface area contributed by atoms with E-state index in [9.17, 15) is 9.59 Å². The Kier molecular flexibility index (Phi) is 8.75. The van der Waals surface area contributed by atoms with Crippen LogP contribution < -0.4 is 15.4 Å². The molecule has 2 N–H and O–H groups in total. The Balaban J connectivity index is 1.83. The lowest BCUT2D eigenvalue weighted by molar-refractivity contribution is -0.116. The minimum Gasteiger partial charge on any atom is -0.492 e. The SMILES string of the molecule is CCCC(=O)Nc1cccc(SC(C(=O)Nc2ccccc2OCC)c2ccccc2)c1. The van der Waals surface area contributed by atoms with Crippen molar-refractivity contribution < 1.29 is 14.3 Å². The van der Waals surface area contributed by atoms with Gasteiger partial charge < -0.3 is 15.4 Å². The third-order valence-corrected chi connectivity index (χ3v) is 5.88. The highest BCUT2D eigenvalue weighted by atomic mass is 32.2. The average Bonchev–Trinajstić information content (AvgIpc) is 2.80. The fourth-order valence-corrected chi connectivity index (χ4v) is 4.27. The molecule has 0 aliphatic carbocycles. The number of carbonyl (C=O) groups is 2. The summed E-state index contributed by atoms with van der Waals surface area (Å²) < 4.78 is 5.65. The molecule has 0 aromatic heterocycles. The van der Waals surface area contributed by atoms with Crippen LogP contribution >= 0.6 is 11.8 Å². The van der Waals surface area contributed by atoms with E-state index in [1.165, 1.54) is 11.8 Å². The van der Waals surface area contributed by atoms with Crippen LogP contribution in [0.15, 0.2) is 83.8 Å². The van der Waals surface area contributed by atoms with Crippen molar-refractivity contribution in [1.82, 2.24) is 0 Å². The van der Waals surface area contributed by atoms with Gasteiger partial charge in [-0.2, -0.15) is 0 Å². The maximum atomic E-state index is 13.4. The molecule has 0 radical (unpaired) electrons. The van der Waals surface area contributed by atoms with Gasteiger partial charge in [0.2, 0.25) is 11.8 Å². The molecule has 3 aromatic carbocycles. The van der Waals surface area contributed by atoms with Gasteiger partial charge in [-0.1, -0.05) is 55.5 Å². The van der Waals surface area contributed by atoms with Gasteiger partial charge in [-0.15, -0.1) is 11.8 Å². The van der Waals surface area contributed by atoms with Gasteiger partial charge in [0.05, 0.1) is 12.3 Å². The van der Waals surface area contributed by atoms with Crippen molar-refractivity contribution >= 4 is 35.0 Å². The first-order chi connectivity index (χ1) is 15.6. The topological polar surface area (TPSA) is 67.4 Å². The average molecular weight is 449 g/mol. The number of anilines is 2. The minimum atomic E-state index is -0.479. The zero-order chi connectivity index (χ0) is 22.8. The van der Waals surface area contributed by atoms with Crippen LogP contribution in [-0.2, 0) is 9.59 Å². The molecule has 0 heterocycles. The number of hydrogen-bond donors (Lipinski definition) is 2. The summed E-state index contributed by atoms with van der Waals surface area (Å²) >= 11 is 1.44. The second-order valence-electron chi connectivity index (χ2n) is 7.15. The van der Waals surface area contributed by atoms with Crippen LogP contribution in [0.5, 0.6) is 5.75 Å². The molecule has 0 saturated heterocycles. The van der Waals surface area contributed by atoms with E-state index in [-0.39, 0.29) is 11.8 Å². The van der Waals surface area contributed by atoms with Gasteiger partial charge in [0, 0.05) is 17.0 Å². The Hall–Kier alpha value is -3.25. The maximum absolute atomic E-state index is 13.4. The molecule has 0 aliphatic rings. The summed E-state index contributed by atoms with van der Waals surface area (Å²) in [7, 11) is 0. The lowest BCUT2D eigenvalue weighted by Gasteiger charge is -2.19. The van der Waals surface area contributed by atoms with E-state index in [0.717, 1.165) is 22.6 Å². The summed E-state index contributed by atoms with van der Waals surface area (Å²) in [6.45, 7) is 4.40. The van der Waals surface area contributed by atoms with Crippen molar-refractivity contribution in [2.24, 2.45) is 0 Å². The van der Waals surface area contributed by atoms with Crippen molar-refractivity contribution in [1.29, 1.82) is 0 Å². The summed E-state index contributed by atoms with van der Waals surface area (Å²) in [5, 5.41) is 5.46. The van der Waals surface area contributed by atoms with E-state index in [4.69, 9.17) is 4.74 Å². The summed E-state index contributed by atoms with van der Waals surface area (Å²) in [4.78, 5) is 26.2. The molecule has 2 amide bonds. The van der Waals surface area contributed by atoms with Gasteiger partial charge in [0.25, 0.3) is 0 Å². The van der Waals surface area contributed by atoms with Crippen molar-refractivity contribution in [3.05, 3.63) is 84.4 Å². The summed E-state index contributed by atoms with van der Waals surface area (Å²) in [6, 6.07) is 24.7. The Morgan fingerprint density at radius 2 is 1.66 bits per heavy atom. The molecule has 0 spiro atoms. The van der Waals surface area contributed by atoms with Crippen LogP contribution in [0.1, 0.15) is 37.5 Å². The molecule has 0 aliphatic heterocycles. The predicted molar refractivity (Wildman–Crippen MR) is 131 cm³/mol. The van der Waals surface area contributed by atoms with Crippen LogP contribution in [-0.4, -0.2) is 18.4 Å². The number of rotatable bonds is 10. The number of benzene rings is 3. The molecule has 5 nitrogen and oxygen atoms in total. The third kappa shape index (κ3) is 6.62. The molecule has 0 fully saturated rings. The van der Waals surface area contributed by atoms with Crippen molar-refractivity contribution in [2.45, 2.75) is 36.8 Å². The zero-order valence-corrected chi connectivity index (χ0v) is 19.2. The van der Waals surface area contributed by atoms with E-state index < -0.39 is 5.25 Å². The standard InChI is InChI=1S/C26H28N2O3S/c1-3-11-24(29)27-20-14-10-15-21(18-20)32-25(19-12-6-5-7-13-19)26(30)28-22-16-8-9-17-23(22)31-4-2/h5-10,12-18,25H,3-4,11H2,1-2H3,(H,27,29)(H,28,30). The zero-order valence-electron chi connectivity index (χ0n) is 18.3. The lowest BCUT2D eigenvalue weighted by Crippen LogP contribution is -2.19. The van der Waals surface area contributed by atoms with Gasteiger partial charge in [-0.25, -0.2) is 0 Å². The minimum absolute atomic E-state index is 0.0143. The van der Waals surface area contributed by atoms with Crippen LogP contribution in [0.25, 0.3) is 0 Å². The van der Waals surface area contributed by atoms with Gasteiger partial charge in [-0.05, 0) is 49.2 Å². The number of thioether (sulfide) groups is 1. The highest BCUT2D eigenvalue weighted by Gasteiger charge is 2.23. The van der Waals surface area contributed by atoms with E-state index in [1.807, 2.05) is 92.7 Å². The van der Waals surface area contributed by atoms with Crippen molar-refractivity contribution in [3.8, 4) is 5.75 Å². The smallest absolute Gasteiger partial charge is 0.242 e. The molecule has 3 aromatic rings. The molecular formula is C26H28N2O3S. The predicted octanol–water partition coefficient (Wildman–Crippen LogP) is 6.30. The first-order valence-corrected chi connectivity index (χ1v) is 11.6. The molecule has 0 bridgehead atoms. The van der Waals surface area contributed by atoms with E-state index in [0.29, 0.717) is 24.5 Å². The van der Waals surface area contributed by atoms with E-state index in [1.54, 1.807) is 0 Å². The van der Waals surface area contributed by atoms with E-state index in [2.05, 4.69) is 10.6 Å². The van der Waals surface area contributed by atoms with Crippen molar-refractivity contribution in [3.63, 3.8) is 0 Å². The highest BCUT2D eigenvalue weighted by Crippen LogP contribution is 2.38. The molecular weight excluding hydrogens is 420 g/mol. The lowest BCUT2D eigenvalue weighted by atomic mass is 10.1.